The van der Waals surface area contributed by atoms with E-state index in [1.165, 1.54) is 7.11 Å². The van der Waals surface area contributed by atoms with Crippen molar-refractivity contribution < 1.29 is 9.53 Å². The molecule has 4 heteroatoms. The molecule has 4 rings (SSSR count). The third-order valence-corrected chi connectivity index (χ3v) is 4.25. The number of nitrogens with zero attached hydrogens (tertiary/aromatic N) is 2. The summed E-state index contributed by atoms with van der Waals surface area (Å²) in [5.74, 6) is -0.323. The first-order valence-corrected chi connectivity index (χ1v) is 7.77. The monoisotopic (exact) mass is 316 g/mol. The molecule has 118 valence electrons. The molecule has 0 unspecified atom stereocenters. The summed E-state index contributed by atoms with van der Waals surface area (Å²) in [5.41, 5.74) is 3.56. The minimum Gasteiger partial charge on any atom is -0.465 e. The van der Waals surface area contributed by atoms with Crippen LogP contribution >= 0.6 is 0 Å². The highest BCUT2D eigenvalue weighted by atomic mass is 16.5. The van der Waals surface area contributed by atoms with Gasteiger partial charge in [0.25, 0.3) is 0 Å². The zero-order valence-corrected chi connectivity index (χ0v) is 13.3. The van der Waals surface area contributed by atoms with E-state index >= 15 is 0 Å². The van der Waals surface area contributed by atoms with Gasteiger partial charge < -0.3 is 9.30 Å². The lowest BCUT2D eigenvalue weighted by atomic mass is 10.1. The molecule has 24 heavy (non-hydrogen) atoms. The number of esters is 1. The van der Waals surface area contributed by atoms with Crippen molar-refractivity contribution in [2.45, 2.75) is 6.54 Å². The normalized spacial score (nSPS) is 11.0. The van der Waals surface area contributed by atoms with E-state index in [2.05, 4.69) is 27.8 Å². The first kappa shape index (κ1) is 14.5. The van der Waals surface area contributed by atoms with E-state index < -0.39 is 0 Å². The number of carbonyl (C=O) groups excluding carboxylic acids is 1. The van der Waals surface area contributed by atoms with Gasteiger partial charge in [-0.1, -0.05) is 36.4 Å². The average molecular weight is 316 g/mol. The fourth-order valence-corrected chi connectivity index (χ4v) is 3.15. The topological polar surface area (TPSA) is 44.1 Å². The molecule has 2 aromatic heterocycles. The van der Waals surface area contributed by atoms with Crippen LogP contribution < -0.4 is 0 Å². The Hall–Kier alpha value is -3.14. The minimum absolute atomic E-state index is 0.323. The maximum Gasteiger partial charge on any atom is 0.340 e. The Morgan fingerprint density at radius 1 is 1.04 bits per heavy atom. The van der Waals surface area contributed by atoms with Gasteiger partial charge >= 0.3 is 5.97 Å². The Morgan fingerprint density at radius 3 is 2.71 bits per heavy atom. The van der Waals surface area contributed by atoms with Crippen molar-refractivity contribution in [3.05, 3.63) is 78.1 Å². The summed E-state index contributed by atoms with van der Waals surface area (Å²) in [6.07, 6.45) is 3.80. The van der Waals surface area contributed by atoms with Gasteiger partial charge in [0, 0.05) is 29.7 Å². The Kier molecular flexibility index (Phi) is 3.50. The van der Waals surface area contributed by atoms with Crippen molar-refractivity contribution >= 4 is 27.8 Å². The van der Waals surface area contributed by atoms with Gasteiger partial charge in [-0.05, 0) is 23.8 Å². The van der Waals surface area contributed by atoms with Crippen molar-refractivity contribution in [3.8, 4) is 0 Å². The third kappa shape index (κ3) is 2.33. The van der Waals surface area contributed by atoms with E-state index in [0.717, 1.165) is 27.4 Å². The van der Waals surface area contributed by atoms with Crippen LogP contribution in [0.2, 0.25) is 0 Å². The summed E-state index contributed by atoms with van der Waals surface area (Å²) in [6.45, 7) is 0.645. The standard InChI is InChI=1S/C20H16N2O2/c1-24-20(23)17-9-3-6-15-10-12-22(19(15)17)13-16-7-2-5-14-8-4-11-21-18(14)16/h2-12H,13H2,1H3. The third-order valence-electron chi connectivity index (χ3n) is 4.25. The maximum atomic E-state index is 12.1. The number of pyridine rings is 1. The molecule has 0 aliphatic heterocycles. The first-order valence-electron chi connectivity index (χ1n) is 7.77. The first-order chi connectivity index (χ1) is 11.8. The smallest absolute Gasteiger partial charge is 0.340 e. The van der Waals surface area contributed by atoms with E-state index in [4.69, 9.17) is 4.74 Å². The molecule has 0 bridgehead atoms. The number of hydrogen-bond acceptors (Lipinski definition) is 3. The van der Waals surface area contributed by atoms with Gasteiger partial charge in [0.1, 0.15) is 0 Å². The number of rotatable bonds is 3. The molecular weight excluding hydrogens is 300 g/mol. The largest absolute Gasteiger partial charge is 0.465 e. The average Bonchev–Trinajstić information content (AvgIpc) is 3.04. The summed E-state index contributed by atoms with van der Waals surface area (Å²) >= 11 is 0. The number of methoxy groups -OCH3 is 1. The van der Waals surface area contributed by atoms with Gasteiger partial charge in [-0.25, -0.2) is 4.79 Å². The van der Waals surface area contributed by atoms with Gasteiger partial charge in [0.15, 0.2) is 0 Å². The van der Waals surface area contributed by atoms with Crippen molar-refractivity contribution in [2.24, 2.45) is 0 Å². The van der Waals surface area contributed by atoms with E-state index in [1.54, 1.807) is 12.3 Å². The van der Waals surface area contributed by atoms with Gasteiger partial charge in [0.05, 0.1) is 23.7 Å². The van der Waals surface area contributed by atoms with Gasteiger partial charge in [0.2, 0.25) is 0 Å². The number of hydrogen-bond donors (Lipinski definition) is 0. The Labute approximate surface area is 139 Å². The van der Waals surface area contributed by atoms with E-state index in [0.29, 0.717) is 12.1 Å². The summed E-state index contributed by atoms with van der Waals surface area (Å²) in [6, 6.07) is 17.8. The van der Waals surface area contributed by atoms with E-state index in [1.807, 2.05) is 36.5 Å². The molecule has 4 aromatic rings. The predicted molar refractivity (Wildman–Crippen MR) is 94.1 cm³/mol. The van der Waals surface area contributed by atoms with E-state index in [-0.39, 0.29) is 5.97 Å². The SMILES string of the molecule is COC(=O)c1cccc2ccn(Cc3cccc4cccnc34)c12. The number of para-hydroxylation sites is 2. The second-order valence-corrected chi connectivity index (χ2v) is 5.67. The van der Waals surface area contributed by atoms with Crippen LogP contribution in [0.3, 0.4) is 0 Å². The van der Waals surface area contributed by atoms with Gasteiger partial charge in [-0.3, -0.25) is 4.98 Å². The lowest BCUT2D eigenvalue weighted by Crippen LogP contribution is -2.06. The molecule has 0 fully saturated rings. The molecule has 0 saturated carbocycles. The molecule has 0 saturated heterocycles. The maximum absolute atomic E-state index is 12.1. The highest BCUT2D eigenvalue weighted by Gasteiger charge is 2.14. The number of fused-ring (bicyclic) bond motifs is 2. The molecule has 4 nitrogen and oxygen atoms in total. The number of carbonyl (C=O) groups is 1. The Morgan fingerprint density at radius 2 is 1.83 bits per heavy atom. The van der Waals surface area contributed by atoms with Crippen molar-refractivity contribution in [2.75, 3.05) is 7.11 Å². The summed E-state index contributed by atoms with van der Waals surface area (Å²) in [5, 5.41) is 2.13. The molecule has 0 radical (unpaired) electrons. The van der Waals surface area contributed by atoms with Crippen molar-refractivity contribution in [3.63, 3.8) is 0 Å². The fourth-order valence-electron chi connectivity index (χ4n) is 3.15. The molecular formula is C20H16N2O2. The second kappa shape index (κ2) is 5.81. The van der Waals surface area contributed by atoms with E-state index in [9.17, 15) is 4.79 Å². The Bertz CT molecular complexity index is 1040. The molecule has 0 N–H and O–H groups in total. The number of aromatic nitrogens is 2. The van der Waals surface area contributed by atoms with Crippen LogP contribution in [-0.4, -0.2) is 22.6 Å². The molecule has 0 amide bonds. The van der Waals surface area contributed by atoms with Crippen LogP contribution in [0.4, 0.5) is 0 Å². The molecule has 0 aliphatic carbocycles. The zero-order chi connectivity index (χ0) is 16.5. The van der Waals surface area contributed by atoms with Crippen LogP contribution in [0.25, 0.3) is 21.8 Å². The predicted octanol–water partition coefficient (Wildman–Crippen LogP) is 4.02. The summed E-state index contributed by atoms with van der Waals surface area (Å²) < 4.78 is 7.00. The van der Waals surface area contributed by atoms with Crippen LogP contribution in [0.15, 0.2) is 67.0 Å². The van der Waals surface area contributed by atoms with Gasteiger partial charge in [-0.2, -0.15) is 0 Å². The summed E-state index contributed by atoms with van der Waals surface area (Å²) in [4.78, 5) is 16.6. The molecule has 0 atom stereocenters. The van der Waals surface area contributed by atoms with Crippen LogP contribution in [-0.2, 0) is 11.3 Å². The van der Waals surface area contributed by atoms with Crippen LogP contribution in [0, 0.1) is 0 Å². The minimum atomic E-state index is -0.323. The highest BCUT2D eigenvalue weighted by molar-refractivity contribution is 6.03. The fraction of sp³-hybridized carbons (Fsp3) is 0.100. The molecule has 0 aliphatic rings. The van der Waals surface area contributed by atoms with Crippen LogP contribution in [0.5, 0.6) is 0 Å². The van der Waals surface area contributed by atoms with Crippen molar-refractivity contribution in [1.29, 1.82) is 0 Å². The lowest BCUT2D eigenvalue weighted by Gasteiger charge is -2.10. The zero-order valence-electron chi connectivity index (χ0n) is 13.3. The van der Waals surface area contributed by atoms with Crippen molar-refractivity contribution in [1.82, 2.24) is 9.55 Å². The molecule has 0 spiro atoms. The van der Waals surface area contributed by atoms with Gasteiger partial charge in [-0.15, -0.1) is 0 Å². The highest BCUT2D eigenvalue weighted by Crippen LogP contribution is 2.24. The summed E-state index contributed by atoms with van der Waals surface area (Å²) in [7, 11) is 1.41. The number of benzene rings is 2. The molecule has 2 heterocycles. The number of ether oxygens (including phenoxy) is 1. The Balaban J connectivity index is 1.87. The molecule has 2 aromatic carbocycles. The lowest BCUT2D eigenvalue weighted by molar-refractivity contribution is 0.0602. The second-order valence-electron chi connectivity index (χ2n) is 5.67. The quantitative estimate of drug-likeness (QED) is 0.536. The van der Waals surface area contributed by atoms with Crippen LogP contribution in [0.1, 0.15) is 15.9 Å².